The number of amides is 2. The SMILES string of the molecule is Cc1nc(CNC(=O)N[C@H]2CCCc3sccc32)cs1. The van der Waals surface area contributed by atoms with Crippen LogP contribution in [0.3, 0.4) is 0 Å². The molecule has 0 saturated carbocycles. The molecule has 0 aliphatic heterocycles. The topological polar surface area (TPSA) is 54.0 Å². The molecular formula is C14H17N3OS2. The molecule has 3 rings (SSSR count). The summed E-state index contributed by atoms with van der Waals surface area (Å²) in [6.07, 6.45) is 3.31. The molecule has 0 saturated heterocycles. The molecule has 1 atom stereocenters. The Morgan fingerprint density at radius 1 is 1.50 bits per heavy atom. The predicted molar refractivity (Wildman–Crippen MR) is 82.2 cm³/mol. The zero-order valence-corrected chi connectivity index (χ0v) is 12.9. The van der Waals surface area contributed by atoms with Gasteiger partial charge in [0.25, 0.3) is 0 Å². The van der Waals surface area contributed by atoms with Crippen molar-refractivity contribution in [1.82, 2.24) is 15.6 Å². The van der Waals surface area contributed by atoms with Crippen molar-refractivity contribution in [2.45, 2.75) is 38.8 Å². The van der Waals surface area contributed by atoms with Gasteiger partial charge in [0.15, 0.2) is 0 Å². The third-order valence-corrected chi connectivity index (χ3v) is 5.27. The molecule has 6 heteroatoms. The first-order valence-electron chi connectivity index (χ1n) is 6.74. The molecule has 20 heavy (non-hydrogen) atoms. The summed E-state index contributed by atoms with van der Waals surface area (Å²) < 4.78 is 0. The molecule has 106 valence electrons. The molecule has 0 unspecified atom stereocenters. The van der Waals surface area contributed by atoms with E-state index < -0.39 is 0 Å². The van der Waals surface area contributed by atoms with Crippen molar-refractivity contribution in [1.29, 1.82) is 0 Å². The van der Waals surface area contributed by atoms with Gasteiger partial charge in [-0.1, -0.05) is 0 Å². The Labute approximate surface area is 126 Å². The number of urea groups is 1. The standard InChI is InChI=1S/C14H17N3OS2/c1-9-16-10(8-20-9)7-15-14(18)17-12-3-2-4-13-11(12)5-6-19-13/h5-6,8,12H,2-4,7H2,1H3,(H2,15,17,18)/t12-/m0/s1. The van der Waals surface area contributed by atoms with E-state index in [4.69, 9.17) is 0 Å². The highest BCUT2D eigenvalue weighted by molar-refractivity contribution is 7.10. The Morgan fingerprint density at radius 2 is 2.40 bits per heavy atom. The van der Waals surface area contributed by atoms with E-state index in [-0.39, 0.29) is 12.1 Å². The van der Waals surface area contributed by atoms with E-state index in [0.29, 0.717) is 6.54 Å². The van der Waals surface area contributed by atoms with E-state index in [1.165, 1.54) is 10.4 Å². The molecule has 2 heterocycles. The van der Waals surface area contributed by atoms with Crippen LogP contribution in [0.1, 0.15) is 40.0 Å². The number of nitrogens with zero attached hydrogens (tertiary/aromatic N) is 1. The van der Waals surface area contributed by atoms with Crippen LogP contribution in [-0.4, -0.2) is 11.0 Å². The van der Waals surface area contributed by atoms with Crippen LogP contribution in [0.2, 0.25) is 0 Å². The summed E-state index contributed by atoms with van der Waals surface area (Å²) in [6.45, 7) is 2.45. The lowest BCUT2D eigenvalue weighted by molar-refractivity contribution is 0.235. The van der Waals surface area contributed by atoms with E-state index in [0.717, 1.165) is 30.0 Å². The van der Waals surface area contributed by atoms with Crippen LogP contribution in [0.15, 0.2) is 16.8 Å². The second kappa shape index (κ2) is 5.93. The van der Waals surface area contributed by atoms with Gasteiger partial charge in [-0.2, -0.15) is 0 Å². The number of thiazole rings is 1. The second-order valence-electron chi connectivity index (χ2n) is 4.93. The van der Waals surface area contributed by atoms with Gasteiger partial charge in [-0.25, -0.2) is 9.78 Å². The Morgan fingerprint density at radius 3 is 3.20 bits per heavy atom. The number of carbonyl (C=O) groups excluding carboxylic acids is 1. The third-order valence-electron chi connectivity index (χ3n) is 3.45. The minimum atomic E-state index is -0.111. The maximum Gasteiger partial charge on any atom is 0.315 e. The van der Waals surface area contributed by atoms with E-state index in [1.54, 1.807) is 22.7 Å². The normalized spacial score (nSPS) is 17.6. The average molecular weight is 307 g/mol. The Balaban J connectivity index is 1.55. The highest BCUT2D eigenvalue weighted by atomic mass is 32.1. The van der Waals surface area contributed by atoms with Crippen molar-refractivity contribution in [3.8, 4) is 0 Å². The molecule has 0 spiro atoms. The van der Waals surface area contributed by atoms with Crippen LogP contribution in [-0.2, 0) is 13.0 Å². The fourth-order valence-electron chi connectivity index (χ4n) is 2.51. The lowest BCUT2D eigenvalue weighted by Gasteiger charge is -2.23. The summed E-state index contributed by atoms with van der Waals surface area (Å²) in [5, 5.41) is 11.1. The largest absolute Gasteiger partial charge is 0.332 e. The predicted octanol–water partition coefficient (Wildman–Crippen LogP) is 3.39. The number of thiophene rings is 1. The van der Waals surface area contributed by atoms with Crippen LogP contribution in [0, 0.1) is 6.92 Å². The van der Waals surface area contributed by atoms with Crippen LogP contribution in [0.4, 0.5) is 4.79 Å². The van der Waals surface area contributed by atoms with Crippen LogP contribution >= 0.6 is 22.7 Å². The Bertz CT molecular complexity index is 605. The summed E-state index contributed by atoms with van der Waals surface area (Å²) in [7, 11) is 0. The van der Waals surface area contributed by atoms with Crippen molar-refractivity contribution in [3.63, 3.8) is 0 Å². The van der Waals surface area contributed by atoms with E-state index >= 15 is 0 Å². The van der Waals surface area contributed by atoms with Crippen molar-refractivity contribution in [3.05, 3.63) is 38.0 Å². The zero-order chi connectivity index (χ0) is 13.9. The van der Waals surface area contributed by atoms with Crippen molar-refractivity contribution < 1.29 is 4.79 Å². The highest BCUT2D eigenvalue weighted by Crippen LogP contribution is 2.33. The first-order valence-corrected chi connectivity index (χ1v) is 8.50. The number of hydrogen-bond donors (Lipinski definition) is 2. The van der Waals surface area contributed by atoms with Gasteiger partial charge in [0.1, 0.15) is 0 Å². The number of aromatic nitrogens is 1. The number of rotatable bonds is 3. The highest BCUT2D eigenvalue weighted by Gasteiger charge is 2.22. The fraction of sp³-hybridized carbons (Fsp3) is 0.429. The van der Waals surface area contributed by atoms with Gasteiger partial charge in [-0.05, 0) is 43.2 Å². The van der Waals surface area contributed by atoms with Crippen LogP contribution in [0.25, 0.3) is 0 Å². The average Bonchev–Trinajstić information content (AvgIpc) is 3.05. The van der Waals surface area contributed by atoms with Crippen molar-refractivity contribution >= 4 is 28.7 Å². The van der Waals surface area contributed by atoms with Crippen LogP contribution in [0.5, 0.6) is 0 Å². The molecular weight excluding hydrogens is 290 g/mol. The molecule has 1 aliphatic rings. The zero-order valence-electron chi connectivity index (χ0n) is 11.3. The third kappa shape index (κ3) is 3.02. The first kappa shape index (κ1) is 13.6. The lowest BCUT2D eigenvalue weighted by Crippen LogP contribution is -2.38. The van der Waals surface area contributed by atoms with Crippen molar-refractivity contribution in [2.75, 3.05) is 0 Å². The maximum absolute atomic E-state index is 12.0. The molecule has 4 nitrogen and oxygen atoms in total. The number of aryl methyl sites for hydroxylation is 2. The van der Waals surface area contributed by atoms with Gasteiger partial charge < -0.3 is 10.6 Å². The number of nitrogens with one attached hydrogen (secondary N) is 2. The smallest absolute Gasteiger partial charge is 0.315 e. The molecule has 0 bridgehead atoms. The minimum absolute atomic E-state index is 0.111. The lowest BCUT2D eigenvalue weighted by atomic mass is 9.94. The summed E-state index contributed by atoms with van der Waals surface area (Å²) in [5.41, 5.74) is 2.21. The first-order chi connectivity index (χ1) is 9.72. The molecule has 2 aromatic heterocycles. The van der Waals surface area contributed by atoms with E-state index in [9.17, 15) is 4.79 Å². The molecule has 0 fully saturated rings. The fourth-order valence-corrected chi connectivity index (χ4v) is 4.11. The van der Waals surface area contributed by atoms with Gasteiger partial charge >= 0.3 is 6.03 Å². The summed E-state index contributed by atoms with van der Waals surface area (Å²) in [6, 6.07) is 2.18. The molecule has 2 amide bonds. The summed E-state index contributed by atoms with van der Waals surface area (Å²) >= 11 is 3.39. The van der Waals surface area contributed by atoms with Gasteiger partial charge in [0, 0.05) is 10.3 Å². The van der Waals surface area contributed by atoms with Crippen molar-refractivity contribution in [2.24, 2.45) is 0 Å². The van der Waals surface area contributed by atoms with Gasteiger partial charge in [0.2, 0.25) is 0 Å². The van der Waals surface area contributed by atoms with E-state index in [2.05, 4.69) is 27.1 Å². The molecule has 0 radical (unpaired) electrons. The monoisotopic (exact) mass is 307 g/mol. The quantitative estimate of drug-likeness (QED) is 0.913. The van der Waals surface area contributed by atoms with E-state index in [1.807, 2.05) is 12.3 Å². The summed E-state index contributed by atoms with van der Waals surface area (Å²) in [5.74, 6) is 0. The number of carbonyl (C=O) groups is 1. The minimum Gasteiger partial charge on any atom is -0.332 e. The second-order valence-corrected chi connectivity index (χ2v) is 6.99. The number of hydrogen-bond acceptors (Lipinski definition) is 4. The Hall–Kier alpha value is -1.40. The summed E-state index contributed by atoms with van der Waals surface area (Å²) in [4.78, 5) is 17.7. The molecule has 1 aliphatic carbocycles. The number of fused-ring (bicyclic) bond motifs is 1. The Kier molecular flexibility index (Phi) is 4.03. The van der Waals surface area contributed by atoms with Gasteiger partial charge in [0.05, 0.1) is 23.3 Å². The molecule has 2 N–H and O–H groups in total. The molecule has 2 aromatic rings. The molecule has 0 aromatic carbocycles. The van der Waals surface area contributed by atoms with Crippen LogP contribution < -0.4 is 10.6 Å². The maximum atomic E-state index is 12.0. The van der Waals surface area contributed by atoms with Gasteiger partial charge in [-0.15, -0.1) is 22.7 Å². The van der Waals surface area contributed by atoms with Gasteiger partial charge in [-0.3, -0.25) is 0 Å².